The Morgan fingerprint density at radius 1 is 1.17 bits per heavy atom. The van der Waals surface area contributed by atoms with Gasteiger partial charge in [-0.3, -0.25) is 0 Å². The quantitative estimate of drug-likeness (QED) is 0.499. The second kappa shape index (κ2) is 8.20. The minimum absolute atomic E-state index is 0.254. The van der Waals surface area contributed by atoms with E-state index >= 15 is 0 Å². The molecule has 5 N–H and O–H groups in total. The van der Waals surface area contributed by atoms with Gasteiger partial charge in [0.2, 0.25) is 5.95 Å². The third kappa shape index (κ3) is 6.48. The maximum absolute atomic E-state index is 10.7. The van der Waals surface area contributed by atoms with E-state index < -0.39 is 10.2 Å². The lowest BCUT2D eigenvalue weighted by molar-refractivity contribution is 0.582. The Hall–Kier alpha value is -1.75. The highest BCUT2D eigenvalue weighted by molar-refractivity contribution is 9.10. The van der Waals surface area contributed by atoms with Crippen molar-refractivity contribution in [3.63, 3.8) is 0 Å². The normalized spacial score (nSPS) is 11.2. The zero-order valence-electron chi connectivity index (χ0n) is 12.2. The van der Waals surface area contributed by atoms with E-state index in [0.717, 1.165) is 10.2 Å². The van der Waals surface area contributed by atoms with Gasteiger partial charge in [0.05, 0.1) is 4.47 Å². The van der Waals surface area contributed by atoms with Crippen LogP contribution in [0.2, 0.25) is 0 Å². The van der Waals surface area contributed by atoms with Crippen LogP contribution < -0.4 is 20.5 Å². The Balaban J connectivity index is 1.90. The average Bonchev–Trinajstić information content (AvgIpc) is 2.50. The molecule has 2 aromatic rings. The Kier molecular flexibility index (Phi) is 6.28. The molecule has 8 nitrogen and oxygen atoms in total. The Morgan fingerprint density at radius 3 is 2.61 bits per heavy atom. The highest BCUT2D eigenvalue weighted by Crippen LogP contribution is 2.21. The summed E-state index contributed by atoms with van der Waals surface area (Å²) in [4.78, 5) is 8.56. The fraction of sp³-hybridized carbons (Fsp3) is 0.231. The monoisotopic (exact) mass is 400 g/mol. The number of rotatable bonds is 8. The van der Waals surface area contributed by atoms with E-state index in [0.29, 0.717) is 24.7 Å². The largest absolute Gasteiger partial charge is 0.369 e. The van der Waals surface area contributed by atoms with Gasteiger partial charge in [-0.25, -0.2) is 14.8 Å². The van der Waals surface area contributed by atoms with Gasteiger partial charge in [-0.15, -0.1) is 0 Å². The highest BCUT2D eigenvalue weighted by Gasteiger charge is 2.05. The molecule has 0 spiro atoms. The first-order valence-corrected chi connectivity index (χ1v) is 9.14. The van der Waals surface area contributed by atoms with Crippen LogP contribution in [0.4, 0.5) is 17.5 Å². The molecule has 0 bridgehead atoms. The van der Waals surface area contributed by atoms with Gasteiger partial charge in [-0.2, -0.15) is 13.4 Å². The zero-order valence-corrected chi connectivity index (χ0v) is 14.6. The molecule has 0 aliphatic rings. The van der Waals surface area contributed by atoms with Crippen molar-refractivity contribution < 1.29 is 8.42 Å². The topological polar surface area (TPSA) is 122 Å². The lowest BCUT2D eigenvalue weighted by Gasteiger charge is -2.10. The van der Waals surface area contributed by atoms with Crippen molar-refractivity contribution in [1.29, 1.82) is 0 Å². The fourth-order valence-electron chi connectivity index (χ4n) is 1.71. The number of nitrogens with one attached hydrogen (secondary N) is 3. The van der Waals surface area contributed by atoms with Crippen molar-refractivity contribution in [3.8, 4) is 0 Å². The molecule has 2 rings (SSSR count). The van der Waals surface area contributed by atoms with E-state index in [2.05, 4.69) is 41.3 Å². The van der Waals surface area contributed by atoms with Crippen LogP contribution in [0, 0.1) is 0 Å². The molecule has 0 atom stereocenters. The van der Waals surface area contributed by atoms with Gasteiger partial charge < -0.3 is 10.6 Å². The number of hydrogen-bond donors (Lipinski definition) is 4. The maximum atomic E-state index is 10.7. The van der Waals surface area contributed by atoms with Crippen LogP contribution in [0.5, 0.6) is 0 Å². The number of para-hydroxylation sites is 1. The Morgan fingerprint density at radius 2 is 1.91 bits per heavy atom. The van der Waals surface area contributed by atoms with Gasteiger partial charge >= 0.3 is 0 Å². The van der Waals surface area contributed by atoms with Gasteiger partial charge in [0.15, 0.2) is 0 Å². The molecule has 0 aliphatic carbocycles. The highest BCUT2D eigenvalue weighted by atomic mass is 79.9. The van der Waals surface area contributed by atoms with Crippen molar-refractivity contribution in [3.05, 3.63) is 41.0 Å². The molecule has 1 heterocycles. The van der Waals surface area contributed by atoms with Crippen LogP contribution in [0.3, 0.4) is 0 Å². The van der Waals surface area contributed by atoms with E-state index in [1.54, 1.807) is 6.20 Å². The maximum Gasteiger partial charge on any atom is 0.274 e. The zero-order chi connectivity index (χ0) is 16.7. The van der Waals surface area contributed by atoms with Gasteiger partial charge in [-0.05, 0) is 34.5 Å². The lowest BCUT2D eigenvalue weighted by Crippen LogP contribution is -2.32. The average molecular weight is 401 g/mol. The van der Waals surface area contributed by atoms with E-state index in [9.17, 15) is 8.42 Å². The summed E-state index contributed by atoms with van der Waals surface area (Å²) >= 11 is 3.37. The second-order valence-electron chi connectivity index (χ2n) is 4.60. The minimum atomic E-state index is -3.64. The molecular weight excluding hydrogens is 384 g/mol. The number of nitrogens with zero attached hydrogens (tertiary/aromatic N) is 2. The van der Waals surface area contributed by atoms with Crippen molar-refractivity contribution in [1.82, 2.24) is 14.7 Å². The van der Waals surface area contributed by atoms with Gasteiger partial charge in [-0.1, -0.05) is 18.2 Å². The van der Waals surface area contributed by atoms with Crippen LogP contribution in [0.15, 0.2) is 41.0 Å². The first kappa shape index (κ1) is 17.6. The van der Waals surface area contributed by atoms with Gasteiger partial charge in [0, 0.05) is 25.0 Å². The lowest BCUT2D eigenvalue weighted by atomic mass is 10.3. The Bertz CT molecular complexity index is 741. The molecule has 124 valence electrons. The van der Waals surface area contributed by atoms with Gasteiger partial charge in [0.25, 0.3) is 10.2 Å². The van der Waals surface area contributed by atoms with Crippen LogP contribution in [0.25, 0.3) is 0 Å². The molecule has 0 aliphatic heterocycles. The third-order valence-electron chi connectivity index (χ3n) is 2.72. The summed E-state index contributed by atoms with van der Waals surface area (Å²) in [6.45, 7) is 0.784. The standard InChI is InChI=1S/C13H17BrN6O2S/c14-11-9-17-13(19-10-5-2-1-3-6-10)20-12(11)16-7-4-8-18-23(15,21)22/h1-3,5-6,9,18H,4,7-8H2,(H2,15,21,22)(H2,16,17,19,20). The molecule has 1 aromatic heterocycles. The minimum Gasteiger partial charge on any atom is -0.369 e. The molecule has 0 radical (unpaired) electrons. The van der Waals surface area contributed by atoms with E-state index in [1.807, 2.05) is 30.3 Å². The van der Waals surface area contributed by atoms with E-state index in [4.69, 9.17) is 5.14 Å². The molecule has 0 saturated heterocycles. The number of halogens is 1. The second-order valence-corrected chi connectivity index (χ2v) is 6.83. The molecule has 0 unspecified atom stereocenters. The SMILES string of the molecule is NS(=O)(=O)NCCCNc1nc(Nc2ccccc2)ncc1Br. The summed E-state index contributed by atoms with van der Waals surface area (Å²) in [5, 5.41) is 11.1. The molecule has 10 heteroatoms. The number of hydrogen-bond acceptors (Lipinski definition) is 6. The van der Waals surface area contributed by atoms with Crippen molar-refractivity contribution >= 4 is 43.6 Å². The van der Waals surface area contributed by atoms with Crippen LogP contribution in [-0.4, -0.2) is 31.5 Å². The molecule has 1 aromatic carbocycles. The van der Waals surface area contributed by atoms with E-state index in [1.165, 1.54) is 0 Å². The summed E-state index contributed by atoms with van der Waals surface area (Å²) in [6, 6.07) is 9.59. The summed E-state index contributed by atoms with van der Waals surface area (Å²) in [7, 11) is -3.64. The summed E-state index contributed by atoms with van der Waals surface area (Å²) < 4.78 is 24.4. The van der Waals surface area contributed by atoms with Crippen LogP contribution in [-0.2, 0) is 10.2 Å². The molecule has 0 fully saturated rings. The molecule has 0 amide bonds. The molecule has 0 saturated carbocycles. The predicted molar refractivity (Wildman–Crippen MR) is 93.7 cm³/mol. The number of benzene rings is 1. The van der Waals surface area contributed by atoms with Gasteiger partial charge in [0.1, 0.15) is 5.82 Å². The van der Waals surface area contributed by atoms with Crippen molar-refractivity contribution in [2.75, 3.05) is 23.7 Å². The van der Waals surface area contributed by atoms with Crippen LogP contribution >= 0.6 is 15.9 Å². The number of nitrogens with two attached hydrogens (primary N) is 1. The van der Waals surface area contributed by atoms with Crippen molar-refractivity contribution in [2.45, 2.75) is 6.42 Å². The first-order chi connectivity index (χ1) is 10.9. The third-order valence-corrected chi connectivity index (χ3v) is 3.91. The fourth-order valence-corrected chi connectivity index (χ4v) is 2.47. The molecular formula is C13H17BrN6O2S. The summed E-state index contributed by atoms with van der Waals surface area (Å²) in [6.07, 6.45) is 2.21. The first-order valence-electron chi connectivity index (χ1n) is 6.80. The van der Waals surface area contributed by atoms with Crippen LogP contribution in [0.1, 0.15) is 6.42 Å². The summed E-state index contributed by atoms with van der Waals surface area (Å²) in [5.74, 6) is 1.08. The number of anilines is 3. The van der Waals surface area contributed by atoms with E-state index in [-0.39, 0.29) is 6.54 Å². The van der Waals surface area contributed by atoms with Crippen molar-refractivity contribution in [2.24, 2.45) is 5.14 Å². The smallest absolute Gasteiger partial charge is 0.274 e. The number of aromatic nitrogens is 2. The Labute approximate surface area is 143 Å². The molecule has 23 heavy (non-hydrogen) atoms. The summed E-state index contributed by atoms with van der Waals surface area (Å²) in [5.41, 5.74) is 0.887. The predicted octanol–water partition coefficient (Wildman–Crippen LogP) is 1.58.